The average Bonchev–Trinajstić information content (AvgIpc) is 3.69. The van der Waals surface area contributed by atoms with Gasteiger partial charge in [-0.2, -0.15) is 5.10 Å². The number of aromatic nitrogens is 7. The first kappa shape index (κ1) is 30.6. The van der Waals surface area contributed by atoms with Gasteiger partial charge < -0.3 is 9.47 Å². The van der Waals surface area contributed by atoms with Crippen LogP contribution in [-0.2, 0) is 28.2 Å². The minimum absolute atomic E-state index is 0.0354. The zero-order valence-electron chi connectivity index (χ0n) is 26.8. The summed E-state index contributed by atoms with van der Waals surface area (Å²) in [6.07, 6.45) is 12.7. The van der Waals surface area contributed by atoms with E-state index in [9.17, 15) is 0 Å². The van der Waals surface area contributed by atoms with Crippen molar-refractivity contribution >= 4 is 0 Å². The Balaban J connectivity index is 1.29. The van der Waals surface area contributed by atoms with Crippen molar-refractivity contribution in [3.63, 3.8) is 0 Å². The molecule has 0 bridgehead atoms. The minimum Gasteiger partial charge on any atom is -0.340 e. The van der Waals surface area contributed by atoms with Crippen molar-refractivity contribution in [1.82, 2.24) is 35.4 Å². The molecule has 2 fully saturated rings. The van der Waals surface area contributed by atoms with Crippen molar-refractivity contribution in [2.24, 2.45) is 5.41 Å². The number of hydrogen-bond acceptors (Lipinski definition) is 7. The lowest BCUT2D eigenvalue weighted by Gasteiger charge is -2.37. The highest BCUT2D eigenvalue weighted by Gasteiger charge is 2.40. The molecule has 2 aliphatic rings. The molecule has 4 aromatic rings. The van der Waals surface area contributed by atoms with Crippen LogP contribution in [0.2, 0.25) is 0 Å². The van der Waals surface area contributed by atoms with Gasteiger partial charge >= 0.3 is 0 Å². The van der Waals surface area contributed by atoms with Crippen LogP contribution in [0.4, 0.5) is 0 Å². The molecule has 9 nitrogen and oxygen atoms in total. The first-order valence-electron chi connectivity index (χ1n) is 16.5. The zero-order valence-corrected chi connectivity index (χ0v) is 26.8. The van der Waals surface area contributed by atoms with E-state index in [1.807, 2.05) is 18.2 Å². The first-order valence-corrected chi connectivity index (χ1v) is 16.5. The molecule has 0 saturated heterocycles. The van der Waals surface area contributed by atoms with Crippen LogP contribution in [0.5, 0.6) is 0 Å². The van der Waals surface area contributed by atoms with E-state index in [4.69, 9.17) is 19.6 Å². The first-order chi connectivity index (χ1) is 21.3. The van der Waals surface area contributed by atoms with Gasteiger partial charge in [0.1, 0.15) is 5.82 Å². The molecule has 2 saturated carbocycles. The van der Waals surface area contributed by atoms with Crippen LogP contribution in [0.15, 0.2) is 48.5 Å². The quantitative estimate of drug-likeness (QED) is 0.187. The van der Waals surface area contributed by atoms with Crippen LogP contribution in [0.25, 0.3) is 22.5 Å². The predicted octanol–water partition coefficient (Wildman–Crippen LogP) is 7.63. The highest BCUT2D eigenvalue weighted by Crippen LogP contribution is 2.36. The van der Waals surface area contributed by atoms with Gasteiger partial charge in [0, 0.05) is 18.5 Å². The number of benzene rings is 2. The summed E-state index contributed by atoms with van der Waals surface area (Å²) in [5.74, 6) is 1.27. The minimum atomic E-state index is -0.967. The van der Waals surface area contributed by atoms with Crippen molar-refractivity contribution in [3.05, 3.63) is 65.7 Å². The van der Waals surface area contributed by atoms with Crippen LogP contribution in [0, 0.1) is 5.41 Å². The Kier molecular flexibility index (Phi) is 9.23. The molecule has 0 unspecified atom stereocenters. The third kappa shape index (κ3) is 7.44. The second kappa shape index (κ2) is 13.3. The largest absolute Gasteiger partial charge is 0.340 e. The van der Waals surface area contributed by atoms with Gasteiger partial charge in [-0.25, -0.2) is 14.8 Å². The molecule has 44 heavy (non-hydrogen) atoms. The van der Waals surface area contributed by atoms with Gasteiger partial charge in [0.15, 0.2) is 5.82 Å². The summed E-state index contributed by atoms with van der Waals surface area (Å²) in [7, 11) is 0. The molecule has 1 N–H and O–H groups in total. The molecule has 234 valence electrons. The van der Waals surface area contributed by atoms with Crippen molar-refractivity contribution in [2.45, 2.75) is 123 Å². The molecule has 0 aliphatic heterocycles. The SMILES string of the molecule is CC(C)(C)Cn1nc(C(C)(OC2CCCCC2)OC2CCCCC2)nc1Cc1ccc(-c2ccccc2-c2nnn[nH]2)cc1. The van der Waals surface area contributed by atoms with Crippen LogP contribution in [0.3, 0.4) is 0 Å². The monoisotopic (exact) mass is 597 g/mol. The summed E-state index contributed by atoms with van der Waals surface area (Å²) in [5, 5.41) is 19.7. The third-order valence-electron chi connectivity index (χ3n) is 8.82. The summed E-state index contributed by atoms with van der Waals surface area (Å²) in [5.41, 5.74) is 4.35. The standard InChI is InChI=1S/C35H47N7O2/c1-34(2,3)24-42-31(23-25-19-21-26(22-20-25)29-17-11-12-18-30(29)32-37-40-41-38-32)36-33(39-42)35(4,43-27-13-7-5-8-14-27)44-28-15-9-6-10-16-28/h11-12,17-22,27-28H,5-10,13-16,23-24H2,1-4H3,(H,37,38,40,41). The molecule has 0 amide bonds. The molecule has 2 aromatic carbocycles. The number of hydrogen-bond donors (Lipinski definition) is 1. The number of tetrazole rings is 1. The van der Waals surface area contributed by atoms with E-state index in [1.165, 1.54) is 44.1 Å². The molecular formula is C35H47N7O2. The summed E-state index contributed by atoms with van der Waals surface area (Å²) in [6.45, 7) is 9.54. The maximum Gasteiger partial charge on any atom is 0.229 e. The number of rotatable bonds is 10. The lowest BCUT2D eigenvalue weighted by molar-refractivity contribution is -0.288. The molecule has 9 heteroatoms. The second-order valence-electron chi connectivity index (χ2n) is 13.9. The van der Waals surface area contributed by atoms with Crippen molar-refractivity contribution < 1.29 is 9.47 Å². The fraction of sp³-hybridized carbons (Fsp3) is 0.571. The summed E-state index contributed by atoms with van der Waals surface area (Å²) >= 11 is 0. The Morgan fingerprint density at radius 2 is 1.41 bits per heavy atom. The number of nitrogens with one attached hydrogen (secondary N) is 1. The second-order valence-corrected chi connectivity index (χ2v) is 13.9. The van der Waals surface area contributed by atoms with Gasteiger partial charge in [-0.1, -0.05) is 108 Å². The topological polar surface area (TPSA) is 104 Å². The lowest BCUT2D eigenvalue weighted by Crippen LogP contribution is -2.40. The zero-order chi connectivity index (χ0) is 30.6. The van der Waals surface area contributed by atoms with Crippen molar-refractivity contribution in [1.29, 1.82) is 0 Å². The van der Waals surface area contributed by atoms with E-state index in [1.54, 1.807) is 0 Å². The molecular weight excluding hydrogens is 550 g/mol. The van der Waals surface area contributed by atoms with E-state index in [2.05, 4.69) is 83.3 Å². The Labute approximate surface area is 261 Å². The van der Waals surface area contributed by atoms with Gasteiger partial charge in [0.2, 0.25) is 11.6 Å². The van der Waals surface area contributed by atoms with Crippen LogP contribution >= 0.6 is 0 Å². The number of aromatic amines is 1. The molecule has 2 aromatic heterocycles. The van der Waals surface area contributed by atoms with E-state index in [-0.39, 0.29) is 17.6 Å². The van der Waals surface area contributed by atoms with Gasteiger partial charge in [-0.05, 0) is 65.1 Å². The fourth-order valence-electron chi connectivity index (χ4n) is 6.61. The predicted molar refractivity (Wildman–Crippen MR) is 171 cm³/mol. The number of H-pyrrole nitrogens is 1. The van der Waals surface area contributed by atoms with E-state index >= 15 is 0 Å². The van der Waals surface area contributed by atoms with Crippen LogP contribution < -0.4 is 0 Å². The Hall–Kier alpha value is -3.43. The summed E-state index contributed by atoms with van der Waals surface area (Å²) < 4.78 is 15.8. The van der Waals surface area contributed by atoms with Crippen molar-refractivity contribution in [3.8, 4) is 22.5 Å². The van der Waals surface area contributed by atoms with E-state index < -0.39 is 5.79 Å². The smallest absolute Gasteiger partial charge is 0.229 e. The molecule has 2 aliphatic carbocycles. The third-order valence-corrected chi connectivity index (χ3v) is 8.82. The average molecular weight is 598 g/mol. The van der Waals surface area contributed by atoms with Crippen LogP contribution in [0.1, 0.15) is 109 Å². The van der Waals surface area contributed by atoms with Crippen LogP contribution in [-0.4, -0.2) is 47.6 Å². The van der Waals surface area contributed by atoms with E-state index in [0.717, 1.165) is 54.7 Å². The Bertz CT molecular complexity index is 1460. The molecule has 0 spiro atoms. The molecule has 2 heterocycles. The van der Waals surface area contributed by atoms with Gasteiger partial charge in [0.05, 0.1) is 12.2 Å². The highest BCUT2D eigenvalue weighted by atomic mass is 16.7. The maximum absolute atomic E-state index is 6.85. The summed E-state index contributed by atoms with van der Waals surface area (Å²) in [4.78, 5) is 5.20. The Morgan fingerprint density at radius 3 is 1.98 bits per heavy atom. The number of nitrogens with zero attached hydrogens (tertiary/aromatic N) is 6. The normalized spacial score (nSPS) is 17.3. The lowest BCUT2D eigenvalue weighted by atomic mass is 9.96. The highest BCUT2D eigenvalue weighted by molar-refractivity contribution is 5.80. The molecule has 6 rings (SSSR count). The van der Waals surface area contributed by atoms with Gasteiger partial charge in [0.25, 0.3) is 0 Å². The van der Waals surface area contributed by atoms with Crippen molar-refractivity contribution in [2.75, 3.05) is 0 Å². The van der Waals surface area contributed by atoms with Gasteiger partial charge in [-0.15, -0.1) is 5.10 Å². The fourth-order valence-corrected chi connectivity index (χ4v) is 6.61. The molecule has 0 atom stereocenters. The maximum atomic E-state index is 6.85. The van der Waals surface area contributed by atoms with E-state index in [0.29, 0.717) is 18.1 Å². The summed E-state index contributed by atoms with van der Waals surface area (Å²) in [6, 6.07) is 16.8. The Morgan fingerprint density at radius 1 is 0.795 bits per heavy atom. The van der Waals surface area contributed by atoms with Gasteiger partial charge in [-0.3, -0.25) is 0 Å². The number of ether oxygens (including phenoxy) is 2. The molecule has 0 radical (unpaired) electrons.